The number of rotatable bonds is 2. The van der Waals surface area contributed by atoms with Crippen LogP contribution < -0.4 is 4.74 Å². The molecule has 0 amide bonds. The fraction of sp³-hybridized carbons (Fsp3) is 0.583. The Labute approximate surface area is 101 Å². The number of aryl methyl sites for hydroxylation is 1. The van der Waals surface area contributed by atoms with Crippen LogP contribution in [0.4, 0.5) is 0 Å². The lowest BCUT2D eigenvalue weighted by Gasteiger charge is -2.25. The van der Waals surface area contributed by atoms with Gasteiger partial charge in [-0.05, 0) is 32.3 Å². The lowest BCUT2D eigenvalue weighted by atomic mass is 9.96. The quantitative estimate of drug-likeness (QED) is 0.800. The number of hydrogen-bond acceptors (Lipinski definition) is 4. The first kappa shape index (κ1) is 11.8. The minimum absolute atomic E-state index is 0.353. The molecule has 1 aliphatic carbocycles. The molecule has 2 aromatic heterocycles. The molecule has 1 aliphatic rings. The molecule has 5 nitrogen and oxygen atoms in total. The molecule has 3 rings (SSSR count). The number of hydrogen-bond donors (Lipinski definition) is 0. The Kier molecular flexibility index (Phi) is 3.56. The smallest absolute Gasteiger partial charge is 0.232 e. The summed E-state index contributed by atoms with van der Waals surface area (Å²) in [5.74, 6) is 1.44. The van der Waals surface area contributed by atoms with E-state index in [4.69, 9.17) is 4.74 Å². The van der Waals surface area contributed by atoms with Crippen molar-refractivity contribution in [3.63, 3.8) is 0 Å². The molecule has 0 aliphatic heterocycles. The van der Waals surface area contributed by atoms with Gasteiger partial charge in [0.1, 0.15) is 6.10 Å². The van der Waals surface area contributed by atoms with Crippen LogP contribution in [0.25, 0.3) is 5.65 Å². The van der Waals surface area contributed by atoms with Crippen LogP contribution in [-0.2, 0) is 0 Å². The summed E-state index contributed by atoms with van der Waals surface area (Å²) in [5, 5.41) is 12.2. The van der Waals surface area contributed by atoms with Gasteiger partial charge < -0.3 is 4.74 Å². The largest absolute Gasteiger partial charge is 0.473 e. The maximum absolute atomic E-state index is 5.70. The highest BCUT2D eigenvalue weighted by atomic mass is 16.5. The molecule has 0 aromatic carbocycles. The molecule has 0 bridgehead atoms. The standard InChI is InChI=1S/C10H12N4O.C2H6/c1-7-11-12-9-5-6-10(13-14(7)9)15-8-3-2-4-8;1-2/h5-6,8H,2-4H2,1H3;1-2H3. The van der Waals surface area contributed by atoms with Gasteiger partial charge in [-0.2, -0.15) is 4.52 Å². The van der Waals surface area contributed by atoms with Gasteiger partial charge in [0.25, 0.3) is 0 Å². The predicted molar refractivity (Wildman–Crippen MR) is 65.1 cm³/mol. The Morgan fingerprint density at radius 1 is 1.24 bits per heavy atom. The van der Waals surface area contributed by atoms with Gasteiger partial charge in [0.15, 0.2) is 11.5 Å². The topological polar surface area (TPSA) is 52.3 Å². The summed E-state index contributed by atoms with van der Waals surface area (Å²) in [5.41, 5.74) is 0.758. The van der Waals surface area contributed by atoms with Gasteiger partial charge in [-0.25, -0.2) is 0 Å². The van der Waals surface area contributed by atoms with E-state index in [0.717, 1.165) is 24.3 Å². The van der Waals surface area contributed by atoms with E-state index in [2.05, 4.69) is 15.3 Å². The Morgan fingerprint density at radius 3 is 2.65 bits per heavy atom. The maximum Gasteiger partial charge on any atom is 0.232 e. The minimum Gasteiger partial charge on any atom is -0.473 e. The van der Waals surface area contributed by atoms with E-state index in [1.165, 1.54) is 6.42 Å². The second kappa shape index (κ2) is 5.12. The Bertz CT molecular complexity index is 490. The van der Waals surface area contributed by atoms with Crippen LogP contribution in [-0.4, -0.2) is 25.9 Å². The average molecular weight is 234 g/mol. The first-order valence-corrected chi connectivity index (χ1v) is 6.19. The number of nitrogens with zero attached hydrogens (tertiary/aromatic N) is 4. The van der Waals surface area contributed by atoms with Gasteiger partial charge in [0.05, 0.1) is 0 Å². The van der Waals surface area contributed by atoms with E-state index in [0.29, 0.717) is 12.0 Å². The van der Waals surface area contributed by atoms with E-state index in [9.17, 15) is 0 Å². The van der Waals surface area contributed by atoms with E-state index in [-0.39, 0.29) is 0 Å². The molecular weight excluding hydrogens is 216 g/mol. The lowest BCUT2D eigenvalue weighted by Crippen LogP contribution is -2.25. The molecule has 0 unspecified atom stereocenters. The molecule has 0 saturated heterocycles. The second-order valence-corrected chi connectivity index (χ2v) is 3.86. The zero-order valence-electron chi connectivity index (χ0n) is 10.6. The van der Waals surface area contributed by atoms with Gasteiger partial charge in [0, 0.05) is 6.07 Å². The van der Waals surface area contributed by atoms with E-state index in [1.54, 1.807) is 4.52 Å². The summed E-state index contributed by atoms with van der Waals surface area (Å²) in [6, 6.07) is 3.72. The van der Waals surface area contributed by atoms with Gasteiger partial charge >= 0.3 is 0 Å². The van der Waals surface area contributed by atoms with Crippen molar-refractivity contribution in [2.24, 2.45) is 0 Å². The monoisotopic (exact) mass is 234 g/mol. The van der Waals surface area contributed by atoms with Crippen LogP contribution in [0, 0.1) is 6.92 Å². The molecule has 5 heteroatoms. The summed E-state index contributed by atoms with van der Waals surface area (Å²) >= 11 is 0. The number of fused-ring (bicyclic) bond motifs is 1. The molecule has 17 heavy (non-hydrogen) atoms. The maximum atomic E-state index is 5.70. The van der Waals surface area contributed by atoms with Gasteiger partial charge in [-0.1, -0.05) is 13.8 Å². The molecule has 92 valence electrons. The molecule has 0 spiro atoms. The van der Waals surface area contributed by atoms with Gasteiger partial charge in [-0.15, -0.1) is 15.3 Å². The predicted octanol–water partition coefficient (Wildman–Crippen LogP) is 2.39. The van der Waals surface area contributed by atoms with Crippen molar-refractivity contribution < 1.29 is 4.74 Å². The lowest BCUT2D eigenvalue weighted by molar-refractivity contribution is 0.113. The molecule has 0 N–H and O–H groups in total. The highest BCUT2D eigenvalue weighted by Gasteiger charge is 2.19. The van der Waals surface area contributed by atoms with Crippen LogP contribution in [0.1, 0.15) is 38.9 Å². The Balaban J connectivity index is 0.000000514. The highest BCUT2D eigenvalue weighted by Crippen LogP contribution is 2.23. The average Bonchev–Trinajstić information content (AvgIpc) is 2.69. The zero-order chi connectivity index (χ0) is 12.3. The number of aromatic nitrogens is 4. The SMILES string of the molecule is CC.Cc1nnc2ccc(OC3CCC3)nn12. The molecule has 0 atom stereocenters. The Hall–Kier alpha value is -1.65. The van der Waals surface area contributed by atoms with E-state index >= 15 is 0 Å². The van der Waals surface area contributed by atoms with Crippen LogP contribution >= 0.6 is 0 Å². The second-order valence-electron chi connectivity index (χ2n) is 3.86. The summed E-state index contributed by atoms with van der Waals surface area (Å²) < 4.78 is 7.40. The van der Waals surface area contributed by atoms with Crippen molar-refractivity contribution in [1.29, 1.82) is 0 Å². The molecule has 1 fully saturated rings. The molecular formula is C12H18N4O. The van der Waals surface area contributed by atoms with Crippen molar-refractivity contribution in [1.82, 2.24) is 19.8 Å². The van der Waals surface area contributed by atoms with Crippen molar-refractivity contribution >= 4 is 5.65 Å². The third-order valence-electron chi connectivity index (χ3n) is 2.73. The Morgan fingerprint density at radius 2 is 2.00 bits per heavy atom. The third-order valence-corrected chi connectivity index (χ3v) is 2.73. The van der Waals surface area contributed by atoms with Crippen molar-refractivity contribution in [3.8, 4) is 5.88 Å². The van der Waals surface area contributed by atoms with E-state index in [1.807, 2.05) is 32.9 Å². The molecule has 2 heterocycles. The highest BCUT2D eigenvalue weighted by molar-refractivity contribution is 5.37. The summed E-state index contributed by atoms with van der Waals surface area (Å²) in [6.45, 7) is 5.88. The summed E-state index contributed by atoms with van der Waals surface area (Å²) in [7, 11) is 0. The summed E-state index contributed by atoms with van der Waals surface area (Å²) in [4.78, 5) is 0. The zero-order valence-corrected chi connectivity index (χ0v) is 10.6. The van der Waals surface area contributed by atoms with Gasteiger partial charge in [0.2, 0.25) is 5.88 Å². The molecule has 2 aromatic rings. The minimum atomic E-state index is 0.353. The normalized spacial score (nSPS) is 15.0. The van der Waals surface area contributed by atoms with Crippen LogP contribution in [0.2, 0.25) is 0 Å². The fourth-order valence-electron chi connectivity index (χ4n) is 1.60. The first-order valence-electron chi connectivity index (χ1n) is 6.19. The molecule has 0 radical (unpaired) electrons. The number of ether oxygens (including phenoxy) is 1. The molecule has 1 saturated carbocycles. The van der Waals surface area contributed by atoms with Crippen LogP contribution in [0.15, 0.2) is 12.1 Å². The van der Waals surface area contributed by atoms with Crippen molar-refractivity contribution in [3.05, 3.63) is 18.0 Å². The summed E-state index contributed by atoms with van der Waals surface area (Å²) in [6.07, 6.45) is 3.90. The van der Waals surface area contributed by atoms with Crippen molar-refractivity contribution in [2.45, 2.75) is 46.1 Å². The van der Waals surface area contributed by atoms with Crippen LogP contribution in [0.5, 0.6) is 5.88 Å². The van der Waals surface area contributed by atoms with E-state index < -0.39 is 0 Å². The third kappa shape index (κ3) is 2.38. The fourth-order valence-corrected chi connectivity index (χ4v) is 1.60. The first-order chi connectivity index (χ1) is 8.33. The van der Waals surface area contributed by atoms with Crippen molar-refractivity contribution in [2.75, 3.05) is 0 Å². The van der Waals surface area contributed by atoms with Gasteiger partial charge in [-0.3, -0.25) is 0 Å². The van der Waals surface area contributed by atoms with Crippen LogP contribution in [0.3, 0.4) is 0 Å².